The van der Waals surface area contributed by atoms with E-state index in [9.17, 15) is 44.4 Å². The van der Waals surface area contributed by atoms with E-state index < -0.39 is 52.2 Å². The van der Waals surface area contributed by atoms with Crippen LogP contribution in [-0.2, 0) is 34.1 Å². The summed E-state index contributed by atoms with van der Waals surface area (Å²) in [6, 6.07) is 92.1. The number of aryl methyl sites for hydroxylation is 1. The van der Waals surface area contributed by atoms with Crippen LogP contribution in [0.4, 0.5) is 34.5 Å². The maximum absolute atomic E-state index is 10.2. The number of aromatic amines is 1. The van der Waals surface area contributed by atoms with E-state index in [4.69, 9.17) is 92.8 Å². The molecule has 0 aliphatic rings. The van der Waals surface area contributed by atoms with Crippen LogP contribution in [0.1, 0.15) is 16.1 Å². The summed E-state index contributed by atoms with van der Waals surface area (Å²) in [5.41, 5.74) is 1.09. The fourth-order valence-corrected chi connectivity index (χ4v) is 23.0. The summed E-state index contributed by atoms with van der Waals surface area (Å²) in [6.45, 7) is 1.85. The van der Waals surface area contributed by atoms with E-state index in [1.54, 1.807) is 6.07 Å². The van der Waals surface area contributed by atoms with E-state index in [0.29, 0.717) is 0 Å². The van der Waals surface area contributed by atoms with Gasteiger partial charge in [0.25, 0.3) is 0 Å². The fraction of sp³-hybridized carbons (Fsp3) is 0.115. The summed E-state index contributed by atoms with van der Waals surface area (Å²) in [7, 11) is -15.4. The van der Waals surface area contributed by atoms with Crippen molar-refractivity contribution in [2.75, 3.05) is 33.2 Å². The molecule has 8 aromatic carbocycles. The molecule has 0 atom stereocenters. The van der Waals surface area contributed by atoms with Crippen molar-refractivity contribution in [1.29, 1.82) is 0 Å². The first kappa shape index (κ1) is 87.1. The van der Waals surface area contributed by atoms with Gasteiger partial charge in [-0.25, -0.2) is 4.98 Å². The number of alkyl halides is 8. The van der Waals surface area contributed by atoms with E-state index in [0.717, 1.165) is 5.69 Å². The van der Waals surface area contributed by atoms with Crippen molar-refractivity contribution < 1.29 is 83.5 Å². The van der Waals surface area contributed by atoms with Gasteiger partial charge in [0.1, 0.15) is 74.1 Å². The third-order valence-electron chi connectivity index (χ3n) is 10.9. The number of pyridine rings is 1. The van der Waals surface area contributed by atoms with Crippen LogP contribution in [0.3, 0.4) is 0 Å². The van der Waals surface area contributed by atoms with Gasteiger partial charge in [0.2, 0.25) is 0 Å². The molecule has 1 N–H and O–H groups in total. The van der Waals surface area contributed by atoms with Crippen molar-refractivity contribution in [2.24, 2.45) is 0 Å². The Balaban J connectivity index is 0. The number of aromatic nitrogens is 1. The molecule has 9 aromatic rings. The summed E-state index contributed by atoms with van der Waals surface area (Å²) in [6.07, 6.45) is 1.41. The van der Waals surface area contributed by atoms with E-state index in [1.165, 1.54) is 66.5 Å². The monoisotopic (exact) mass is 1540 g/mol. The maximum Gasteiger partial charge on any atom is 1.00 e. The van der Waals surface area contributed by atoms with E-state index in [-0.39, 0.29) is 61.1 Å². The minimum Gasteiger partial charge on any atom is -0.545 e. The average Bonchev–Trinajstić information content (AvgIpc) is 2.57. The number of carbonyl (C=O) groups excluding carboxylic acids is 1. The van der Waals surface area contributed by atoms with E-state index >= 15 is 0 Å². The van der Waals surface area contributed by atoms with Crippen molar-refractivity contribution in [3.8, 4) is 0 Å². The summed E-state index contributed by atoms with van der Waals surface area (Å²) >= 11 is 38.1. The Morgan fingerprint density at radius 3 is 0.602 bits per heavy atom. The number of carboxylic acid groups (broad SMARTS) is 1. The van der Waals surface area contributed by atoms with Gasteiger partial charge in [0.05, 0.1) is 32.9 Å². The second-order valence-electron chi connectivity index (χ2n) is 16.6. The van der Waals surface area contributed by atoms with Gasteiger partial charge in [-0.05, 0) is 103 Å². The standard InChI is InChI=1S/2C25H22P2.C7H7NO2.4CH2Cl2.2BF4.2Cu/c2*1-5-13-22(14-6-1)26(23-15-7-2-8-16-23)21-27(24-17-9-3-10-18-24)25-19-11-4-12-20-25;1-5-2-3-6(4-8-5)7(9)10;4*2-1-3;2*2-1(3,4)5;;/h2*1-20H,21H2;2-4H,1H3,(H,9,10);4*1H2;;;;/q;;;;;;;2*-1;2*+1/p+4. The molecule has 0 unspecified atom stereocenters. The molecule has 0 saturated heterocycles. The van der Waals surface area contributed by atoms with Crippen molar-refractivity contribution in [3.05, 3.63) is 272 Å². The number of carboxylic acids is 1. The van der Waals surface area contributed by atoms with Crippen LogP contribution in [-0.4, -0.2) is 53.6 Å². The maximum atomic E-state index is 10.2. The Morgan fingerprint density at radius 1 is 0.341 bits per heavy atom. The van der Waals surface area contributed by atoms with E-state index in [1.807, 2.05) is 6.92 Å². The predicted octanol–water partition coefficient (Wildman–Crippen LogP) is 16.8. The minimum absolute atomic E-state index is 0. The molecular formula is C61H63B2Cl8Cu2F8NO2P4+4. The third-order valence-corrected chi connectivity index (χ3v) is 24.8. The number of hydrogen-bond acceptors (Lipinski definition) is 2. The quantitative estimate of drug-likeness (QED) is 0.0500. The molecule has 480 valence electrons. The Hall–Kier alpha value is -2.97. The summed E-state index contributed by atoms with van der Waals surface area (Å²) in [5, 5.41) is 23.0. The summed E-state index contributed by atoms with van der Waals surface area (Å²) in [4.78, 5) is 12.9. The Kier molecular flexibility index (Phi) is 53.0. The van der Waals surface area contributed by atoms with Crippen molar-refractivity contribution in [2.45, 2.75) is 6.92 Å². The zero-order chi connectivity index (χ0) is 64.0. The number of rotatable bonds is 13. The molecule has 0 spiro atoms. The molecule has 0 amide bonds. The molecule has 1 aromatic heterocycles. The molecule has 9 rings (SSSR count). The minimum atomic E-state index is -6.00. The number of H-pyrrole nitrogens is 1. The molecule has 3 nitrogen and oxygen atoms in total. The van der Waals surface area contributed by atoms with Crippen LogP contribution in [0.5, 0.6) is 0 Å². The first-order chi connectivity index (χ1) is 41.2. The van der Waals surface area contributed by atoms with Gasteiger partial charge < -0.3 is 44.4 Å². The Labute approximate surface area is 578 Å². The van der Waals surface area contributed by atoms with Crippen LogP contribution in [0, 0.1) is 6.92 Å². The number of aromatic carboxylic acids is 1. The first-order valence-electron chi connectivity index (χ1n) is 25.5. The smallest absolute Gasteiger partial charge is 0.545 e. The van der Waals surface area contributed by atoms with Crippen LogP contribution >= 0.6 is 124 Å². The molecule has 0 aliphatic carbocycles. The van der Waals surface area contributed by atoms with Crippen molar-refractivity contribution >= 4 is 187 Å². The zero-order valence-electron chi connectivity index (χ0n) is 46.7. The SMILES string of the molecule is Cc1ccc(C(=O)[O-])c[nH+]1.ClCCl.ClCCl.ClCCl.ClCCl.F[B-](F)(F)F.F[B-](F)(F)F.[Cu+].[Cu+].c1ccc([PH+](C[PH+](c2ccccc2)c2ccccc2)c2ccccc2)cc1.c1ccc([PH+](C[PH+](c2ccccc2)c2ccccc2)c2ccccc2)cc1. The van der Waals surface area contributed by atoms with Crippen molar-refractivity contribution in [3.63, 3.8) is 0 Å². The normalized spacial score (nSPS) is 10.0. The molecular weight excluding hydrogens is 1490 g/mol. The first-order valence-corrected chi connectivity index (χ1v) is 36.6. The van der Waals surface area contributed by atoms with Crippen LogP contribution in [0.15, 0.2) is 261 Å². The van der Waals surface area contributed by atoms with Gasteiger partial charge in [-0.3, -0.25) is 0 Å². The number of carbonyl (C=O) groups is 1. The molecule has 0 saturated carbocycles. The fourth-order valence-electron chi connectivity index (χ4n) is 7.58. The predicted molar refractivity (Wildman–Crippen MR) is 370 cm³/mol. The molecule has 27 heteroatoms. The molecule has 0 aliphatic heterocycles. The van der Waals surface area contributed by atoms with Gasteiger partial charge in [0, 0.05) is 13.0 Å². The molecule has 0 fully saturated rings. The zero-order valence-corrected chi connectivity index (χ0v) is 58.6. The topological polar surface area (TPSA) is 54.3 Å². The number of nitrogens with one attached hydrogen (secondary N) is 1. The second kappa shape index (κ2) is 53.5. The van der Waals surface area contributed by atoms with Gasteiger partial charge in [0.15, 0.2) is 23.7 Å². The van der Waals surface area contributed by atoms with Crippen LogP contribution in [0.25, 0.3) is 0 Å². The number of halogens is 16. The van der Waals surface area contributed by atoms with Gasteiger partial charge >= 0.3 is 48.6 Å². The van der Waals surface area contributed by atoms with Crippen LogP contribution in [0.2, 0.25) is 0 Å². The molecule has 0 radical (unpaired) electrons. The van der Waals surface area contributed by atoms with Crippen molar-refractivity contribution in [1.82, 2.24) is 0 Å². The Bertz CT molecular complexity index is 2540. The molecule has 0 bridgehead atoms. The van der Waals surface area contributed by atoms with E-state index in [2.05, 4.69) is 248 Å². The summed E-state index contributed by atoms with van der Waals surface area (Å²) in [5.74, 6) is 1.34. The number of hydrogen-bond donors (Lipinski definition) is 0. The number of benzene rings is 8. The third kappa shape index (κ3) is 42.2. The molecule has 88 heavy (non-hydrogen) atoms. The largest absolute Gasteiger partial charge is 1.00 e. The average molecular weight is 1550 g/mol. The Morgan fingerprint density at radius 2 is 0.489 bits per heavy atom. The summed E-state index contributed by atoms with van der Waals surface area (Å²) < 4.78 is 78.0. The van der Waals surface area contributed by atoms with Gasteiger partial charge in [-0.2, -0.15) is 0 Å². The molecule has 1 heterocycles. The van der Waals surface area contributed by atoms with Crippen LogP contribution < -0.4 is 52.5 Å². The second-order valence-corrected chi connectivity index (χ2v) is 31.1. The van der Waals surface area contributed by atoms with Gasteiger partial charge in [-0.15, -0.1) is 92.8 Å². The van der Waals surface area contributed by atoms with Gasteiger partial charge in [-0.1, -0.05) is 146 Å².